The maximum atomic E-state index is 11.8. The van der Waals surface area contributed by atoms with Crippen molar-refractivity contribution >= 4 is 23.7 Å². The average molecular weight is 691 g/mol. The molecule has 0 heterocycles. The first-order chi connectivity index (χ1) is 23.5. The van der Waals surface area contributed by atoms with E-state index in [1.54, 1.807) is 24.3 Å². The first-order valence-corrected chi connectivity index (χ1v) is 15.8. The maximum Gasteiger partial charge on any atom is 0.372 e. The zero-order valence-electron chi connectivity index (χ0n) is 27.5. The number of benzene rings is 1. The SMILES string of the molecule is O=C(CCC(=O)C(=O)O)OCCOCCOCCOCCOCCOCCOCCOCCOCCOCCOC(=O)c1ccccc1. The van der Waals surface area contributed by atoms with Gasteiger partial charge in [0.1, 0.15) is 13.2 Å². The minimum atomic E-state index is -1.57. The fraction of sp³-hybridized carbons (Fsp3) is 0.688. The highest BCUT2D eigenvalue weighted by atomic mass is 16.6. The van der Waals surface area contributed by atoms with Crippen LogP contribution in [0.3, 0.4) is 0 Å². The molecule has 1 rings (SSSR count). The molecule has 0 aliphatic rings. The van der Waals surface area contributed by atoms with Crippen molar-refractivity contribution < 1.29 is 76.4 Å². The van der Waals surface area contributed by atoms with Crippen molar-refractivity contribution in [2.24, 2.45) is 0 Å². The number of ether oxygens (including phenoxy) is 11. The van der Waals surface area contributed by atoms with Gasteiger partial charge in [-0.15, -0.1) is 0 Å². The Morgan fingerprint density at radius 3 is 1.06 bits per heavy atom. The highest BCUT2D eigenvalue weighted by molar-refractivity contribution is 6.32. The summed E-state index contributed by atoms with van der Waals surface area (Å²) in [4.78, 5) is 44.4. The van der Waals surface area contributed by atoms with Crippen molar-refractivity contribution in [3.63, 3.8) is 0 Å². The van der Waals surface area contributed by atoms with Crippen molar-refractivity contribution in [1.29, 1.82) is 0 Å². The summed E-state index contributed by atoms with van der Waals surface area (Å²) < 4.78 is 58.5. The molecule has 0 aromatic heterocycles. The molecular weight excluding hydrogens is 640 g/mol. The van der Waals surface area contributed by atoms with Crippen molar-refractivity contribution in [1.82, 2.24) is 0 Å². The van der Waals surface area contributed by atoms with E-state index in [0.29, 0.717) is 118 Å². The zero-order chi connectivity index (χ0) is 34.8. The highest BCUT2D eigenvalue weighted by Crippen LogP contribution is 2.00. The summed E-state index contributed by atoms with van der Waals surface area (Å²) in [5.41, 5.74) is 0.513. The van der Waals surface area contributed by atoms with E-state index in [0.717, 1.165) is 0 Å². The number of hydrogen-bond acceptors (Lipinski definition) is 15. The molecule has 0 spiro atoms. The lowest BCUT2D eigenvalue weighted by molar-refractivity contribution is -0.151. The van der Waals surface area contributed by atoms with Crippen LogP contribution >= 0.6 is 0 Å². The standard InChI is InChI=1S/C32H50O16/c33-29(31(35)36)6-7-30(34)47-26-24-45-22-20-43-18-16-41-14-12-39-10-8-38-9-11-40-13-15-42-17-19-44-21-23-46-25-27-48-32(37)28-4-2-1-3-5-28/h1-5H,6-27H2,(H,35,36). The molecule has 0 aliphatic heterocycles. The molecule has 0 aliphatic carbocycles. The van der Waals surface area contributed by atoms with Gasteiger partial charge in [-0.1, -0.05) is 18.2 Å². The first-order valence-electron chi connectivity index (χ1n) is 15.8. The molecular formula is C32H50O16. The molecule has 1 N–H and O–H groups in total. The molecule has 1 aromatic carbocycles. The van der Waals surface area contributed by atoms with Gasteiger partial charge < -0.3 is 57.2 Å². The van der Waals surface area contributed by atoms with E-state index >= 15 is 0 Å². The number of aliphatic carboxylic acids is 1. The monoisotopic (exact) mass is 690 g/mol. The van der Waals surface area contributed by atoms with Crippen LogP contribution in [0.25, 0.3) is 0 Å². The van der Waals surface area contributed by atoms with Crippen molar-refractivity contribution in [3.05, 3.63) is 35.9 Å². The summed E-state index contributed by atoms with van der Waals surface area (Å²) in [6, 6.07) is 8.80. The molecule has 0 atom stereocenters. The molecule has 0 saturated heterocycles. The number of carboxylic acid groups (broad SMARTS) is 1. The fourth-order valence-corrected chi connectivity index (χ4v) is 3.32. The van der Waals surface area contributed by atoms with Crippen LogP contribution in [0.5, 0.6) is 0 Å². The summed E-state index contributed by atoms with van der Waals surface area (Å²) in [6.07, 6.45) is -0.668. The molecule has 1 aromatic rings. The number of rotatable bonds is 35. The first kappa shape index (κ1) is 43.0. The van der Waals surface area contributed by atoms with Gasteiger partial charge in [0.05, 0.1) is 131 Å². The van der Waals surface area contributed by atoms with E-state index in [4.69, 9.17) is 57.2 Å². The van der Waals surface area contributed by atoms with Gasteiger partial charge in [-0.05, 0) is 12.1 Å². The lowest BCUT2D eigenvalue weighted by Gasteiger charge is -2.09. The van der Waals surface area contributed by atoms with E-state index in [2.05, 4.69) is 0 Å². The van der Waals surface area contributed by atoms with E-state index in [1.165, 1.54) is 0 Å². The normalized spacial score (nSPS) is 11.0. The molecule has 0 saturated carbocycles. The minimum absolute atomic E-state index is 0.00891. The fourth-order valence-electron chi connectivity index (χ4n) is 3.32. The highest BCUT2D eigenvalue weighted by Gasteiger charge is 2.14. The van der Waals surface area contributed by atoms with E-state index in [1.807, 2.05) is 6.07 Å². The maximum absolute atomic E-state index is 11.8. The largest absolute Gasteiger partial charge is 0.476 e. The second kappa shape index (κ2) is 32.5. The molecule has 16 heteroatoms. The van der Waals surface area contributed by atoms with E-state index in [-0.39, 0.29) is 38.6 Å². The number of ketones is 1. The molecule has 0 radical (unpaired) electrons. The molecule has 274 valence electrons. The second-order valence-corrected chi connectivity index (χ2v) is 9.46. The summed E-state index contributed by atoms with van der Waals surface area (Å²) in [6.45, 7) is 7.45. The zero-order valence-corrected chi connectivity index (χ0v) is 27.5. The van der Waals surface area contributed by atoms with Crippen molar-refractivity contribution in [3.8, 4) is 0 Å². The van der Waals surface area contributed by atoms with Crippen LogP contribution in [0.15, 0.2) is 30.3 Å². The third-order valence-corrected chi connectivity index (χ3v) is 5.73. The Balaban J connectivity index is 1.67. The Labute approximate surface area is 281 Å². The smallest absolute Gasteiger partial charge is 0.372 e. The Hall–Kier alpha value is -3.06. The minimum Gasteiger partial charge on any atom is -0.476 e. The average Bonchev–Trinajstić information content (AvgIpc) is 3.09. The van der Waals surface area contributed by atoms with Gasteiger partial charge in [-0.25, -0.2) is 9.59 Å². The summed E-state index contributed by atoms with van der Waals surface area (Å²) in [5.74, 6) is -3.62. The molecule has 0 amide bonds. The van der Waals surface area contributed by atoms with Crippen LogP contribution in [0.4, 0.5) is 0 Å². The van der Waals surface area contributed by atoms with Gasteiger partial charge >= 0.3 is 17.9 Å². The number of carbonyl (C=O) groups excluding carboxylic acids is 3. The lowest BCUT2D eigenvalue weighted by Crippen LogP contribution is -2.17. The van der Waals surface area contributed by atoms with Gasteiger partial charge in [0.15, 0.2) is 0 Å². The third kappa shape index (κ3) is 28.0. The van der Waals surface area contributed by atoms with Gasteiger partial charge in [0.2, 0.25) is 5.78 Å². The molecule has 0 unspecified atom stereocenters. The van der Waals surface area contributed by atoms with Crippen LogP contribution in [0.1, 0.15) is 23.2 Å². The quantitative estimate of drug-likeness (QED) is 0.0602. The number of Topliss-reactive ketones (excluding diaryl/α,β-unsaturated/α-hetero) is 1. The molecule has 16 nitrogen and oxygen atoms in total. The van der Waals surface area contributed by atoms with Gasteiger partial charge in [-0.3, -0.25) is 9.59 Å². The number of carbonyl (C=O) groups is 4. The van der Waals surface area contributed by atoms with E-state index < -0.39 is 17.7 Å². The number of hydrogen-bond donors (Lipinski definition) is 1. The van der Waals surface area contributed by atoms with Gasteiger partial charge in [0, 0.05) is 6.42 Å². The Morgan fingerprint density at radius 1 is 0.417 bits per heavy atom. The Bertz CT molecular complexity index is 945. The van der Waals surface area contributed by atoms with Crippen LogP contribution < -0.4 is 0 Å². The summed E-state index contributed by atoms with van der Waals surface area (Å²) in [5, 5.41) is 8.44. The van der Waals surface area contributed by atoms with E-state index in [9.17, 15) is 19.2 Å². The van der Waals surface area contributed by atoms with Crippen molar-refractivity contribution in [2.45, 2.75) is 12.8 Å². The summed E-state index contributed by atoms with van der Waals surface area (Å²) >= 11 is 0. The Kier molecular flexibility index (Phi) is 29.1. The molecule has 0 bridgehead atoms. The Morgan fingerprint density at radius 2 is 0.729 bits per heavy atom. The van der Waals surface area contributed by atoms with Gasteiger partial charge in [0.25, 0.3) is 0 Å². The van der Waals surface area contributed by atoms with Crippen LogP contribution in [0, 0.1) is 0 Å². The van der Waals surface area contributed by atoms with Crippen LogP contribution in [-0.2, 0) is 66.5 Å². The molecule has 48 heavy (non-hydrogen) atoms. The third-order valence-electron chi connectivity index (χ3n) is 5.73. The number of esters is 2. The summed E-state index contributed by atoms with van der Waals surface area (Å²) in [7, 11) is 0. The molecule has 0 fully saturated rings. The lowest BCUT2D eigenvalue weighted by atomic mass is 10.2. The van der Waals surface area contributed by atoms with Crippen LogP contribution in [-0.4, -0.2) is 161 Å². The van der Waals surface area contributed by atoms with Crippen molar-refractivity contribution in [2.75, 3.05) is 132 Å². The van der Waals surface area contributed by atoms with Gasteiger partial charge in [-0.2, -0.15) is 0 Å². The number of carboxylic acids is 1. The topological polar surface area (TPSA) is 190 Å². The predicted molar refractivity (Wildman–Crippen MR) is 167 cm³/mol. The van der Waals surface area contributed by atoms with Crippen LogP contribution in [0.2, 0.25) is 0 Å². The second-order valence-electron chi connectivity index (χ2n) is 9.46. The predicted octanol–water partition coefficient (Wildman–Crippen LogP) is 0.970.